The Morgan fingerprint density at radius 2 is 2.23 bits per heavy atom. The van der Waals surface area contributed by atoms with Gasteiger partial charge in [-0.1, -0.05) is 12.0 Å². The van der Waals surface area contributed by atoms with E-state index in [0.29, 0.717) is 6.54 Å². The topological polar surface area (TPSA) is 24.9 Å². The summed E-state index contributed by atoms with van der Waals surface area (Å²) in [6.45, 7) is 1.40. The van der Waals surface area contributed by atoms with Crippen LogP contribution in [-0.4, -0.2) is 11.5 Å². The number of pyridine rings is 1. The molecular weight excluding hydrogens is 207 g/mol. The van der Waals surface area contributed by atoms with E-state index in [1.807, 2.05) is 18.3 Å². The number of hydrogen-bond donors (Lipinski definition) is 1. The lowest BCUT2D eigenvalue weighted by Gasteiger charge is -1.98. The molecule has 0 aliphatic rings. The molecule has 0 saturated carbocycles. The van der Waals surface area contributed by atoms with E-state index < -0.39 is 0 Å². The van der Waals surface area contributed by atoms with Gasteiger partial charge in [0.05, 0.1) is 6.54 Å². The number of rotatable bonds is 3. The standard InChI is InChI=1S/C9H10N2.2ClH/c1-2-5-10-7-9-4-3-6-11-8-9;;/h1,3-4,6,8,10H,5,7H2;2*1H. The van der Waals surface area contributed by atoms with Crippen molar-refractivity contribution in [3.8, 4) is 12.3 Å². The maximum atomic E-state index is 5.06. The Labute approximate surface area is 91.0 Å². The molecule has 0 bridgehead atoms. The van der Waals surface area contributed by atoms with Gasteiger partial charge in [0, 0.05) is 18.9 Å². The van der Waals surface area contributed by atoms with Gasteiger partial charge in [0.1, 0.15) is 0 Å². The average Bonchev–Trinajstić information content (AvgIpc) is 2.07. The molecule has 0 fully saturated rings. The lowest BCUT2D eigenvalue weighted by Crippen LogP contribution is -2.12. The molecule has 1 aromatic heterocycles. The summed E-state index contributed by atoms with van der Waals surface area (Å²) >= 11 is 0. The average molecular weight is 219 g/mol. The molecule has 0 spiro atoms. The van der Waals surface area contributed by atoms with Crippen molar-refractivity contribution in [3.05, 3.63) is 30.1 Å². The molecule has 0 aromatic carbocycles. The van der Waals surface area contributed by atoms with Gasteiger partial charge in [0.25, 0.3) is 0 Å². The molecule has 0 aliphatic heterocycles. The SMILES string of the molecule is C#CCNCc1cccnc1.Cl.Cl. The quantitative estimate of drug-likeness (QED) is 0.617. The summed E-state index contributed by atoms with van der Waals surface area (Å²) in [6, 6.07) is 3.92. The largest absolute Gasteiger partial charge is 0.302 e. The third-order valence-corrected chi connectivity index (χ3v) is 1.28. The predicted molar refractivity (Wildman–Crippen MR) is 59.3 cm³/mol. The van der Waals surface area contributed by atoms with Gasteiger partial charge in [-0.2, -0.15) is 0 Å². The van der Waals surface area contributed by atoms with Crippen LogP contribution in [0.1, 0.15) is 5.56 Å². The minimum atomic E-state index is 0. The van der Waals surface area contributed by atoms with Gasteiger partial charge in [-0.05, 0) is 11.6 Å². The number of nitrogens with one attached hydrogen (secondary N) is 1. The summed E-state index contributed by atoms with van der Waals surface area (Å²) in [7, 11) is 0. The molecule has 0 atom stereocenters. The van der Waals surface area contributed by atoms with Crippen LogP contribution < -0.4 is 5.32 Å². The van der Waals surface area contributed by atoms with Crippen LogP contribution in [-0.2, 0) is 6.54 Å². The summed E-state index contributed by atoms with van der Waals surface area (Å²) in [6.07, 6.45) is 8.64. The highest BCUT2D eigenvalue weighted by molar-refractivity contribution is 5.85. The molecule has 0 unspecified atom stereocenters. The van der Waals surface area contributed by atoms with Gasteiger partial charge in [0.2, 0.25) is 0 Å². The van der Waals surface area contributed by atoms with Crippen molar-refractivity contribution in [1.29, 1.82) is 0 Å². The van der Waals surface area contributed by atoms with Crippen LogP contribution >= 0.6 is 24.8 Å². The molecule has 1 heterocycles. The third kappa shape index (κ3) is 6.41. The Morgan fingerprint density at radius 3 is 2.77 bits per heavy atom. The van der Waals surface area contributed by atoms with Crippen molar-refractivity contribution >= 4 is 24.8 Å². The Morgan fingerprint density at radius 1 is 1.46 bits per heavy atom. The van der Waals surface area contributed by atoms with Crippen molar-refractivity contribution < 1.29 is 0 Å². The van der Waals surface area contributed by atoms with Crippen LogP contribution in [0.4, 0.5) is 0 Å². The Bertz CT molecular complexity index is 244. The highest BCUT2D eigenvalue weighted by atomic mass is 35.5. The first kappa shape index (κ1) is 14.8. The fourth-order valence-electron chi connectivity index (χ4n) is 0.782. The maximum absolute atomic E-state index is 5.06. The smallest absolute Gasteiger partial charge is 0.0576 e. The number of aromatic nitrogens is 1. The molecule has 2 nitrogen and oxygen atoms in total. The number of terminal acetylenes is 1. The van der Waals surface area contributed by atoms with Gasteiger partial charge in [-0.3, -0.25) is 4.98 Å². The number of nitrogens with zero attached hydrogens (tertiary/aromatic N) is 1. The van der Waals surface area contributed by atoms with Crippen molar-refractivity contribution in [1.82, 2.24) is 10.3 Å². The first-order valence-corrected chi connectivity index (χ1v) is 3.46. The van der Waals surface area contributed by atoms with Crippen LogP contribution in [0, 0.1) is 12.3 Å². The number of hydrogen-bond acceptors (Lipinski definition) is 2. The highest BCUT2D eigenvalue weighted by Gasteiger charge is 1.87. The molecule has 1 rings (SSSR count). The summed E-state index contributed by atoms with van der Waals surface area (Å²) < 4.78 is 0. The van der Waals surface area contributed by atoms with Gasteiger partial charge in [0.15, 0.2) is 0 Å². The van der Waals surface area contributed by atoms with Crippen molar-refractivity contribution in [2.75, 3.05) is 6.54 Å². The summed E-state index contributed by atoms with van der Waals surface area (Å²) in [5.74, 6) is 2.51. The van der Waals surface area contributed by atoms with Crippen LogP contribution in [0.3, 0.4) is 0 Å². The van der Waals surface area contributed by atoms with Crippen molar-refractivity contribution in [2.24, 2.45) is 0 Å². The Kier molecular flexibility index (Phi) is 10.6. The monoisotopic (exact) mass is 218 g/mol. The molecule has 13 heavy (non-hydrogen) atoms. The van der Waals surface area contributed by atoms with Crippen LogP contribution in [0.5, 0.6) is 0 Å². The van der Waals surface area contributed by atoms with Gasteiger partial charge < -0.3 is 5.32 Å². The van der Waals surface area contributed by atoms with Gasteiger partial charge in [-0.15, -0.1) is 31.2 Å². The lowest BCUT2D eigenvalue weighted by atomic mass is 10.3. The summed E-state index contributed by atoms with van der Waals surface area (Å²) in [5, 5.41) is 3.08. The Hall–Kier alpha value is -0.750. The Balaban J connectivity index is 0. The van der Waals surface area contributed by atoms with Crippen LogP contribution in [0.25, 0.3) is 0 Å². The summed E-state index contributed by atoms with van der Waals surface area (Å²) in [5.41, 5.74) is 1.16. The molecule has 1 aromatic rings. The van der Waals surface area contributed by atoms with E-state index in [9.17, 15) is 0 Å². The second kappa shape index (κ2) is 9.34. The van der Waals surface area contributed by atoms with Crippen LogP contribution in [0.15, 0.2) is 24.5 Å². The first-order chi connectivity index (χ1) is 5.43. The van der Waals surface area contributed by atoms with E-state index in [1.54, 1.807) is 6.20 Å². The summed E-state index contributed by atoms with van der Waals surface area (Å²) in [4.78, 5) is 3.97. The van der Waals surface area contributed by atoms with Crippen LogP contribution in [0.2, 0.25) is 0 Å². The van der Waals surface area contributed by atoms with E-state index in [4.69, 9.17) is 6.42 Å². The highest BCUT2D eigenvalue weighted by Crippen LogP contribution is 1.92. The minimum absolute atomic E-state index is 0. The van der Waals surface area contributed by atoms with Gasteiger partial charge >= 0.3 is 0 Å². The van der Waals surface area contributed by atoms with E-state index in [2.05, 4.69) is 16.2 Å². The predicted octanol–water partition coefficient (Wildman–Crippen LogP) is 1.65. The number of halogens is 2. The zero-order valence-electron chi connectivity index (χ0n) is 7.06. The maximum Gasteiger partial charge on any atom is 0.0576 e. The van der Waals surface area contributed by atoms with E-state index in [0.717, 1.165) is 12.1 Å². The minimum Gasteiger partial charge on any atom is -0.302 e. The van der Waals surface area contributed by atoms with Gasteiger partial charge in [-0.25, -0.2) is 0 Å². The molecule has 1 N–H and O–H groups in total. The zero-order valence-corrected chi connectivity index (χ0v) is 8.70. The van der Waals surface area contributed by atoms with E-state index in [1.165, 1.54) is 0 Å². The molecular formula is C9H12Cl2N2. The molecule has 0 amide bonds. The second-order valence-electron chi connectivity index (χ2n) is 2.17. The third-order valence-electron chi connectivity index (χ3n) is 1.28. The fraction of sp³-hybridized carbons (Fsp3) is 0.222. The molecule has 0 radical (unpaired) electrons. The van der Waals surface area contributed by atoms with E-state index in [-0.39, 0.29) is 24.8 Å². The molecule has 72 valence electrons. The van der Waals surface area contributed by atoms with Crippen molar-refractivity contribution in [2.45, 2.75) is 6.54 Å². The second-order valence-corrected chi connectivity index (χ2v) is 2.17. The molecule has 4 heteroatoms. The lowest BCUT2D eigenvalue weighted by molar-refractivity contribution is 0.767. The van der Waals surface area contributed by atoms with Crippen molar-refractivity contribution in [3.63, 3.8) is 0 Å². The molecule has 0 aliphatic carbocycles. The first-order valence-electron chi connectivity index (χ1n) is 3.46. The zero-order chi connectivity index (χ0) is 7.94. The fourth-order valence-corrected chi connectivity index (χ4v) is 0.782. The van der Waals surface area contributed by atoms with E-state index >= 15 is 0 Å². The normalized spacial score (nSPS) is 7.62. The molecule has 0 saturated heterocycles.